The molecule has 5 nitrogen and oxygen atoms in total. The summed E-state index contributed by atoms with van der Waals surface area (Å²) in [6.07, 6.45) is 3.61. The molecule has 1 saturated heterocycles. The number of nitrogens with zero attached hydrogens (tertiary/aromatic N) is 2. The van der Waals surface area contributed by atoms with Crippen LogP contribution in [0, 0.1) is 0 Å². The number of piperidine rings is 1. The van der Waals surface area contributed by atoms with Gasteiger partial charge in [0.15, 0.2) is 0 Å². The smallest absolute Gasteiger partial charge is 0.257 e. The molecule has 1 fully saturated rings. The molecule has 0 atom stereocenters. The van der Waals surface area contributed by atoms with E-state index in [-0.39, 0.29) is 5.91 Å². The van der Waals surface area contributed by atoms with E-state index in [1.807, 2.05) is 35.2 Å². The van der Waals surface area contributed by atoms with Gasteiger partial charge in [-0.25, -0.2) is 0 Å². The number of aromatic amines is 1. The first-order valence-corrected chi connectivity index (χ1v) is 9.28. The normalized spacial score (nSPS) is 14.9. The Bertz CT molecular complexity index is 895. The van der Waals surface area contributed by atoms with E-state index >= 15 is 0 Å². The molecule has 0 bridgehead atoms. The Balaban J connectivity index is 1.47. The number of nitrogens with one attached hydrogen (secondary N) is 1. The lowest BCUT2D eigenvalue weighted by atomic mass is 9.89. The Labute approximate surface area is 159 Å². The summed E-state index contributed by atoms with van der Waals surface area (Å²) in [5.74, 6) is 1.36. The van der Waals surface area contributed by atoms with Crippen LogP contribution in [0.3, 0.4) is 0 Å². The summed E-state index contributed by atoms with van der Waals surface area (Å²) in [4.78, 5) is 15.0. The zero-order chi connectivity index (χ0) is 18.6. The molecule has 27 heavy (non-hydrogen) atoms. The molecule has 0 aliphatic carbocycles. The van der Waals surface area contributed by atoms with Crippen LogP contribution < -0.4 is 4.74 Å². The summed E-state index contributed by atoms with van der Waals surface area (Å²) in [5.41, 5.74) is 3.67. The van der Waals surface area contributed by atoms with Gasteiger partial charge in [0.2, 0.25) is 0 Å². The molecule has 1 aromatic heterocycles. The summed E-state index contributed by atoms with van der Waals surface area (Å²) in [6, 6.07) is 18.2. The van der Waals surface area contributed by atoms with Gasteiger partial charge >= 0.3 is 0 Å². The second-order valence-electron chi connectivity index (χ2n) is 6.86. The molecule has 4 rings (SSSR count). The second-order valence-corrected chi connectivity index (χ2v) is 6.86. The first-order chi connectivity index (χ1) is 13.3. The van der Waals surface area contributed by atoms with Crippen molar-refractivity contribution in [3.05, 3.63) is 71.9 Å². The van der Waals surface area contributed by atoms with Crippen molar-refractivity contribution in [1.82, 2.24) is 15.1 Å². The molecule has 0 spiro atoms. The maximum absolute atomic E-state index is 13.1. The molecule has 138 valence electrons. The van der Waals surface area contributed by atoms with Crippen LogP contribution in [0.1, 0.15) is 34.7 Å². The number of ether oxygens (including phenoxy) is 1. The number of H-pyrrole nitrogens is 1. The van der Waals surface area contributed by atoms with Crippen molar-refractivity contribution >= 4 is 5.91 Å². The van der Waals surface area contributed by atoms with Gasteiger partial charge in [-0.2, -0.15) is 5.10 Å². The highest BCUT2D eigenvalue weighted by molar-refractivity contribution is 5.99. The van der Waals surface area contributed by atoms with Gasteiger partial charge in [0.1, 0.15) is 5.75 Å². The Morgan fingerprint density at radius 3 is 2.44 bits per heavy atom. The number of carbonyl (C=O) groups is 1. The molecule has 0 saturated carbocycles. The first-order valence-electron chi connectivity index (χ1n) is 9.28. The zero-order valence-corrected chi connectivity index (χ0v) is 15.4. The van der Waals surface area contributed by atoms with E-state index in [1.165, 1.54) is 5.56 Å². The van der Waals surface area contributed by atoms with Gasteiger partial charge in [-0.1, -0.05) is 30.3 Å². The molecule has 5 heteroatoms. The number of hydrogen-bond donors (Lipinski definition) is 1. The number of benzene rings is 2. The molecule has 0 radical (unpaired) electrons. The van der Waals surface area contributed by atoms with Crippen molar-refractivity contribution in [2.24, 2.45) is 0 Å². The van der Waals surface area contributed by atoms with E-state index in [4.69, 9.17) is 4.74 Å². The van der Waals surface area contributed by atoms with Crippen LogP contribution in [0.5, 0.6) is 5.75 Å². The quantitative estimate of drug-likeness (QED) is 0.761. The van der Waals surface area contributed by atoms with Crippen LogP contribution in [-0.2, 0) is 0 Å². The fourth-order valence-electron chi connectivity index (χ4n) is 3.74. The fourth-order valence-corrected chi connectivity index (χ4v) is 3.74. The molecule has 1 aliphatic rings. The predicted octanol–water partition coefficient (Wildman–Crippen LogP) is 4.11. The predicted molar refractivity (Wildman–Crippen MR) is 105 cm³/mol. The average Bonchev–Trinajstić information content (AvgIpc) is 3.24. The number of hydrogen-bond acceptors (Lipinski definition) is 3. The molecule has 1 amide bonds. The fraction of sp³-hybridized carbons (Fsp3) is 0.273. The Morgan fingerprint density at radius 1 is 1.07 bits per heavy atom. The Kier molecular flexibility index (Phi) is 4.92. The molecule has 2 heterocycles. The van der Waals surface area contributed by atoms with Crippen molar-refractivity contribution in [1.29, 1.82) is 0 Å². The van der Waals surface area contributed by atoms with Crippen LogP contribution in [-0.4, -0.2) is 41.2 Å². The van der Waals surface area contributed by atoms with Crippen LogP contribution in [0.25, 0.3) is 11.3 Å². The van der Waals surface area contributed by atoms with Gasteiger partial charge in [0, 0.05) is 18.7 Å². The van der Waals surface area contributed by atoms with Crippen molar-refractivity contribution in [3.63, 3.8) is 0 Å². The monoisotopic (exact) mass is 361 g/mol. The molecule has 0 unspecified atom stereocenters. The highest BCUT2D eigenvalue weighted by atomic mass is 16.5. The summed E-state index contributed by atoms with van der Waals surface area (Å²) in [7, 11) is 1.64. The largest absolute Gasteiger partial charge is 0.497 e. The van der Waals surface area contributed by atoms with E-state index in [0.29, 0.717) is 11.5 Å². The van der Waals surface area contributed by atoms with Crippen LogP contribution in [0.2, 0.25) is 0 Å². The van der Waals surface area contributed by atoms with Crippen molar-refractivity contribution in [2.45, 2.75) is 18.8 Å². The van der Waals surface area contributed by atoms with Crippen LogP contribution >= 0.6 is 0 Å². The molecule has 3 aromatic rings. The lowest BCUT2D eigenvalue weighted by Crippen LogP contribution is -2.38. The third-order valence-electron chi connectivity index (χ3n) is 5.30. The van der Waals surface area contributed by atoms with E-state index in [9.17, 15) is 4.79 Å². The molecular weight excluding hydrogens is 338 g/mol. The minimum atomic E-state index is 0.0427. The number of methoxy groups -OCH3 is 1. The third kappa shape index (κ3) is 3.58. The van der Waals surface area contributed by atoms with E-state index < -0.39 is 0 Å². The lowest BCUT2D eigenvalue weighted by molar-refractivity contribution is 0.0714. The summed E-state index contributed by atoms with van der Waals surface area (Å²) in [5, 5.41) is 7.09. The van der Waals surface area contributed by atoms with Gasteiger partial charge in [0.05, 0.1) is 24.6 Å². The molecule has 1 aliphatic heterocycles. The Hall–Kier alpha value is -3.08. The van der Waals surface area contributed by atoms with Gasteiger partial charge in [0.25, 0.3) is 5.91 Å². The zero-order valence-electron chi connectivity index (χ0n) is 15.4. The van der Waals surface area contributed by atoms with Gasteiger partial charge < -0.3 is 9.64 Å². The first kappa shape index (κ1) is 17.3. The van der Waals surface area contributed by atoms with Crippen molar-refractivity contribution in [3.8, 4) is 17.0 Å². The van der Waals surface area contributed by atoms with Crippen molar-refractivity contribution in [2.75, 3.05) is 20.2 Å². The maximum Gasteiger partial charge on any atom is 0.257 e. The van der Waals surface area contributed by atoms with E-state index in [0.717, 1.165) is 42.9 Å². The van der Waals surface area contributed by atoms with Gasteiger partial charge in [-0.15, -0.1) is 0 Å². The van der Waals surface area contributed by atoms with Crippen molar-refractivity contribution < 1.29 is 9.53 Å². The maximum atomic E-state index is 13.1. The van der Waals surface area contributed by atoms with Gasteiger partial charge in [-0.3, -0.25) is 9.89 Å². The van der Waals surface area contributed by atoms with E-state index in [1.54, 1.807) is 13.3 Å². The standard InChI is InChI=1S/C22H23N3O2/c1-27-19-9-7-18(8-10-19)21-20(15-23-24-21)22(26)25-13-11-17(12-14-25)16-5-3-2-4-6-16/h2-10,15,17H,11-14H2,1H3,(H,23,24). The summed E-state index contributed by atoms with van der Waals surface area (Å²) < 4.78 is 5.20. The molecule has 2 aromatic carbocycles. The Morgan fingerprint density at radius 2 is 1.78 bits per heavy atom. The number of rotatable bonds is 4. The number of likely N-dealkylation sites (tertiary alicyclic amines) is 1. The second kappa shape index (κ2) is 7.66. The van der Waals surface area contributed by atoms with Gasteiger partial charge in [-0.05, 0) is 48.6 Å². The lowest BCUT2D eigenvalue weighted by Gasteiger charge is -2.32. The third-order valence-corrected chi connectivity index (χ3v) is 5.30. The highest BCUT2D eigenvalue weighted by Gasteiger charge is 2.26. The minimum Gasteiger partial charge on any atom is -0.497 e. The van der Waals surface area contributed by atoms with Crippen LogP contribution in [0.15, 0.2) is 60.8 Å². The average molecular weight is 361 g/mol. The molecule has 1 N–H and O–H groups in total. The number of amides is 1. The minimum absolute atomic E-state index is 0.0427. The summed E-state index contributed by atoms with van der Waals surface area (Å²) in [6.45, 7) is 1.54. The SMILES string of the molecule is COc1ccc(-c2[nH]ncc2C(=O)N2CCC(c3ccccc3)CC2)cc1. The number of carbonyl (C=O) groups excluding carboxylic acids is 1. The van der Waals surface area contributed by atoms with E-state index in [2.05, 4.69) is 34.5 Å². The highest BCUT2D eigenvalue weighted by Crippen LogP contribution is 2.30. The topological polar surface area (TPSA) is 58.2 Å². The molecular formula is C22H23N3O2. The number of aromatic nitrogens is 2. The van der Waals surface area contributed by atoms with Crippen LogP contribution in [0.4, 0.5) is 0 Å². The summed E-state index contributed by atoms with van der Waals surface area (Å²) >= 11 is 0.